The zero-order valence-electron chi connectivity index (χ0n) is 18.6. The number of carbonyl (C=O) groups is 3. The molecule has 0 saturated carbocycles. The number of hydrogen-bond donors (Lipinski definition) is 0. The lowest BCUT2D eigenvalue weighted by molar-refractivity contribution is 0.0991. The van der Waals surface area contributed by atoms with Crippen molar-refractivity contribution >= 4 is 17.9 Å². The summed E-state index contributed by atoms with van der Waals surface area (Å²) in [6.45, 7) is 0. The summed E-state index contributed by atoms with van der Waals surface area (Å²) in [4.78, 5) is 37.4. The van der Waals surface area contributed by atoms with E-state index in [4.69, 9.17) is 9.47 Å². The molecule has 0 N–H and O–H groups in total. The van der Waals surface area contributed by atoms with Crippen molar-refractivity contribution in [2.24, 2.45) is 0 Å². The summed E-state index contributed by atoms with van der Waals surface area (Å²) in [7, 11) is 1.53. The second-order valence-electron chi connectivity index (χ2n) is 7.65. The third kappa shape index (κ3) is 5.27. The minimum absolute atomic E-state index is 0.0732. The molecule has 4 rings (SSSR count). The third-order valence-electron chi connectivity index (χ3n) is 5.28. The number of aldehydes is 1. The Morgan fingerprint density at radius 1 is 0.765 bits per heavy atom. The van der Waals surface area contributed by atoms with E-state index in [0.717, 1.165) is 0 Å². The molecule has 0 unspecified atom stereocenters. The van der Waals surface area contributed by atoms with Gasteiger partial charge in [-0.3, -0.25) is 14.4 Å². The SMILES string of the molecule is COc1ccc(C(=O)c2ccccc2)c(Oc2cc(C=O)cc(CC(=O)c3ccccc3)c2)c1. The topological polar surface area (TPSA) is 69.7 Å². The van der Waals surface area contributed by atoms with E-state index in [1.54, 1.807) is 84.9 Å². The largest absolute Gasteiger partial charge is 0.497 e. The normalized spacial score (nSPS) is 10.4. The van der Waals surface area contributed by atoms with E-state index in [2.05, 4.69) is 0 Å². The molecule has 0 heterocycles. The summed E-state index contributed by atoms with van der Waals surface area (Å²) in [6.07, 6.45) is 0.806. The highest BCUT2D eigenvalue weighted by Gasteiger charge is 2.17. The summed E-state index contributed by atoms with van der Waals surface area (Å²) >= 11 is 0. The number of carbonyl (C=O) groups excluding carboxylic acids is 3. The highest BCUT2D eigenvalue weighted by atomic mass is 16.5. The van der Waals surface area contributed by atoms with Crippen molar-refractivity contribution in [3.63, 3.8) is 0 Å². The quantitative estimate of drug-likeness (QED) is 0.233. The summed E-state index contributed by atoms with van der Waals surface area (Å²) in [5, 5.41) is 0. The fourth-order valence-electron chi connectivity index (χ4n) is 3.60. The molecule has 4 aromatic carbocycles. The lowest BCUT2D eigenvalue weighted by Gasteiger charge is -2.14. The standard InChI is InChI=1S/C29H22O5/c1-33-24-12-13-26(29(32)23-10-6-3-7-11-23)28(18-24)34-25-15-20(14-21(16-25)19-30)17-27(31)22-8-4-2-5-9-22/h2-16,18-19H,17H2,1H3. The Morgan fingerprint density at radius 3 is 2.09 bits per heavy atom. The molecule has 0 fully saturated rings. The average molecular weight is 450 g/mol. The predicted molar refractivity (Wildman–Crippen MR) is 129 cm³/mol. The van der Waals surface area contributed by atoms with Crippen molar-refractivity contribution in [2.75, 3.05) is 7.11 Å². The van der Waals surface area contributed by atoms with Crippen molar-refractivity contribution in [1.29, 1.82) is 0 Å². The Hall–Kier alpha value is -4.51. The molecule has 0 bridgehead atoms. The first-order valence-corrected chi connectivity index (χ1v) is 10.7. The zero-order valence-corrected chi connectivity index (χ0v) is 18.6. The fourth-order valence-corrected chi connectivity index (χ4v) is 3.60. The van der Waals surface area contributed by atoms with Gasteiger partial charge in [0.1, 0.15) is 23.5 Å². The number of hydrogen-bond acceptors (Lipinski definition) is 5. The molecule has 0 aromatic heterocycles. The van der Waals surface area contributed by atoms with Crippen LogP contribution in [0.25, 0.3) is 0 Å². The van der Waals surface area contributed by atoms with Crippen LogP contribution in [0, 0.1) is 0 Å². The van der Waals surface area contributed by atoms with Crippen LogP contribution in [0.2, 0.25) is 0 Å². The van der Waals surface area contributed by atoms with Crippen molar-refractivity contribution in [2.45, 2.75) is 6.42 Å². The van der Waals surface area contributed by atoms with Gasteiger partial charge in [-0.25, -0.2) is 0 Å². The van der Waals surface area contributed by atoms with Crippen molar-refractivity contribution < 1.29 is 23.9 Å². The number of benzene rings is 4. The van der Waals surface area contributed by atoms with Gasteiger partial charge in [-0.1, -0.05) is 60.7 Å². The highest BCUT2D eigenvalue weighted by molar-refractivity contribution is 6.10. The Labute approximate surface area is 197 Å². The van der Waals surface area contributed by atoms with Crippen molar-refractivity contribution in [3.8, 4) is 17.2 Å². The van der Waals surface area contributed by atoms with Gasteiger partial charge in [-0.2, -0.15) is 0 Å². The van der Waals surface area contributed by atoms with Crippen LogP contribution in [0.15, 0.2) is 97.1 Å². The molecule has 0 aliphatic carbocycles. The molecule has 0 saturated heterocycles. The molecule has 34 heavy (non-hydrogen) atoms. The van der Waals surface area contributed by atoms with E-state index in [1.807, 2.05) is 12.1 Å². The molecule has 4 aromatic rings. The van der Waals surface area contributed by atoms with E-state index >= 15 is 0 Å². The average Bonchev–Trinajstić information content (AvgIpc) is 2.89. The minimum Gasteiger partial charge on any atom is -0.497 e. The van der Waals surface area contributed by atoms with Gasteiger partial charge < -0.3 is 9.47 Å². The van der Waals surface area contributed by atoms with Crippen molar-refractivity contribution in [1.82, 2.24) is 0 Å². The molecular weight excluding hydrogens is 428 g/mol. The van der Waals surface area contributed by atoms with Gasteiger partial charge in [0.15, 0.2) is 11.6 Å². The van der Waals surface area contributed by atoms with Gasteiger partial charge in [0.25, 0.3) is 0 Å². The first kappa shape index (κ1) is 22.7. The molecule has 0 aliphatic rings. The molecule has 0 aliphatic heterocycles. The maximum atomic E-state index is 13.1. The zero-order chi connectivity index (χ0) is 23.9. The van der Waals surface area contributed by atoms with Gasteiger partial charge in [-0.15, -0.1) is 0 Å². The Kier molecular flexibility index (Phi) is 6.94. The lowest BCUT2D eigenvalue weighted by Crippen LogP contribution is -2.05. The van der Waals surface area contributed by atoms with E-state index in [0.29, 0.717) is 45.6 Å². The third-order valence-corrected chi connectivity index (χ3v) is 5.28. The molecule has 0 amide bonds. The van der Waals surface area contributed by atoms with Gasteiger partial charge in [0.2, 0.25) is 0 Å². The maximum Gasteiger partial charge on any atom is 0.196 e. The van der Waals surface area contributed by atoms with Crippen LogP contribution in [-0.4, -0.2) is 25.0 Å². The van der Waals surface area contributed by atoms with Crippen LogP contribution in [0.4, 0.5) is 0 Å². The van der Waals surface area contributed by atoms with Crippen LogP contribution in [-0.2, 0) is 6.42 Å². The Balaban J connectivity index is 1.68. The molecule has 0 radical (unpaired) electrons. The fraction of sp³-hybridized carbons (Fsp3) is 0.0690. The Morgan fingerprint density at radius 2 is 1.44 bits per heavy atom. The summed E-state index contributed by atoms with van der Waals surface area (Å²) < 4.78 is 11.4. The van der Waals surface area contributed by atoms with E-state index in [1.165, 1.54) is 7.11 Å². The number of ether oxygens (including phenoxy) is 2. The smallest absolute Gasteiger partial charge is 0.196 e. The number of Topliss-reactive ketones (excluding diaryl/α,β-unsaturated/α-hetero) is 1. The van der Waals surface area contributed by atoms with Gasteiger partial charge in [0.05, 0.1) is 12.7 Å². The van der Waals surface area contributed by atoms with Gasteiger partial charge in [-0.05, 0) is 35.9 Å². The number of methoxy groups -OCH3 is 1. The van der Waals surface area contributed by atoms with Gasteiger partial charge in [0, 0.05) is 29.2 Å². The first-order valence-electron chi connectivity index (χ1n) is 10.7. The molecule has 168 valence electrons. The molecule has 5 nitrogen and oxygen atoms in total. The summed E-state index contributed by atoms with van der Waals surface area (Å²) in [6, 6.07) is 27.7. The van der Waals surface area contributed by atoms with Crippen LogP contribution in [0.5, 0.6) is 17.2 Å². The van der Waals surface area contributed by atoms with Crippen LogP contribution >= 0.6 is 0 Å². The second-order valence-corrected chi connectivity index (χ2v) is 7.65. The molecule has 0 spiro atoms. The molecule has 0 atom stereocenters. The van der Waals surface area contributed by atoms with Gasteiger partial charge >= 0.3 is 0 Å². The van der Waals surface area contributed by atoms with Crippen LogP contribution < -0.4 is 9.47 Å². The van der Waals surface area contributed by atoms with Crippen molar-refractivity contribution in [3.05, 3.63) is 125 Å². The Bertz CT molecular complexity index is 1330. The van der Waals surface area contributed by atoms with E-state index < -0.39 is 0 Å². The van der Waals surface area contributed by atoms with Crippen LogP contribution in [0.1, 0.15) is 42.2 Å². The molecular formula is C29H22O5. The predicted octanol–water partition coefficient (Wildman–Crippen LogP) is 5.96. The molecule has 5 heteroatoms. The monoisotopic (exact) mass is 450 g/mol. The first-order chi connectivity index (χ1) is 16.6. The second kappa shape index (κ2) is 10.4. The van der Waals surface area contributed by atoms with Crippen LogP contribution in [0.3, 0.4) is 0 Å². The minimum atomic E-state index is -0.204. The van der Waals surface area contributed by atoms with E-state index in [-0.39, 0.29) is 23.7 Å². The summed E-state index contributed by atoms with van der Waals surface area (Å²) in [5.74, 6) is 0.873. The number of ketones is 2. The lowest BCUT2D eigenvalue weighted by atomic mass is 10.0. The highest BCUT2D eigenvalue weighted by Crippen LogP contribution is 2.32. The van der Waals surface area contributed by atoms with E-state index in [9.17, 15) is 14.4 Å². The maximum absolute atomic E-state index is 13.1. The number of rotatable bonds is 9. The summed E-state index contributed by atoms with van der Waals surface area (Å²) in [5.41, 5.74) is 2.46.